The highest BCUT2D eigenvalue weighted by Gasteiger charge is 2.22. The quantitative estimate of drug-likeness (QED) is 0.477. The van der Waals surface area contributed by atoms with E-state index in [9.17, 15) is 8.42 Å². The van der Waals surface area contributed by atoms with Gasteiger partial charge in [0.05, 0.1) is 10.6 Å². The van der Waals surface area contributed by atoms with Crippen LogP contribution in [0.2, 0.25) is 0 Å². The van der Waals surface area contributed by atoms with Crippen LogP contribution < -0.4 is 5.32 Å². The summed E-state index contributed by atoms with van der Waals surface area (Å²) in [5.74, 6) is 1.25. The number of nitrogens with one attached hydrogen (secondary N) is 1. The smallest absolute Gasteiger partial charge is 0.254 e. The molecule has 160 valence electrons. The highest BCUT2D eigenvalue weighted by Crippen LogP contribution is 2.22. The Kier molecular flexibility index (Phi) is 5.71. The second kappa shape index (κ2) is 8.44. The van der Waals surface area contributed by atoms with Crippen molar-refractivity contribution < 1.29 is 8.42 Å². The van der Waals surface area contributed by atoms with Crippen molar-refractivity contribution in [3.8, 4) is 11.3 Å². The van der Waals surface area contributed by atoms with Gasteiger partial charge in [-0.3, -0.25) is 0 Å². The normalized spacial score (nSPS) is 12.0. The number of nitrogens with zero attached hydrogens (tertiary/aromatic N) is 5. The summed E-state index contributed by atoms with van der Waals surface area (Å²) in [6, 6.07) is 18.6. The van der Waals surface area contributed by atoms with E-state index in [0.717, 1.165) is 22.6 Å². The van der Waals surface area contributed by atoms with Gasteiger partial charge in [0.1, 0.15) is 12.1 Å². The molecule has 0 unspecified atom stereocenters. The maximum absolute atomic E-state index is 12.6. The first kappa shape index (κ1) is 21.0. The van der Waals surface area contributed by atoms with E-state index in [0.29, 0.717) is 12.3 Å². The summed E-state index contributed by atoms with van der Waals surface area (Å²) >= 11 is 0. The van der Waals surface area contributed by atoms with Crippen LogP contribution in [0.25, 0.3) is 17.0 Å². The van der Waals surface area contributed by atoms with Crippen LogP contribution in [-0.4, -0.2) is 45.4 Å². The molecule has 0 bridgehead atoms. The highest BCUT2D eigenvalue weighted by atomic mass is 32.2. The SMILES string of the molecule is CC(C)N(C)S(=O)(=O)c1ccc(CNc2cc(-c3ccccc3)nc3ncnn23)cc1. The second-order valence-electron chi connectivity index (χ2n) is 7.48. The van der Waals surface area contributed by atoms with Crippen LogP contribution in [0.4, 0.5) is 5.82 Å². The number of aromatic nitrogens is 4. The predicted octanol–water partition coefficient (Wildman–Crippen LogP) is 3.43. The topological polar surface area (TPSA) is 92.5 Å². The Labute approximate surface area is 181 Å². The number of rotatable bonds is 7. The summed E-state index contributed by atoms with van der Waals surface area (Å²) in [5, 5.41) is 7.60. The van der Waals surface area contributed by atoms with E-state index in [4.69, 9.17) is 0 Å². The summed E-state index contributed by atoms with van der Waals surface area (Å²) < 4.78 is 28.3. The number of anilines is 1. The molecule has 4 aromatic rings. The minimum Gasteiger partial charge on any atom is -0.366 e. The van der Waals surface area contributed by atoms with E-state index in [1.54, 1.807) is 23.7 Å². The Bertz CT molecular complexity index is 1280. The van der Waals surface area contributed by atoms with Gasteiger partial charge in [-0.15, -0.1) is 0 Å². The highest BCUT2D eigenvalue weighted by molar-refractivity contribution is 7.89. The number of sulfonamides is 1. The molecule has 4 rings (SSSR count). The molecular formula is C22H24N6O2S. The van der Waals surface area contributed by atoms with Gasteiger partial charge in [-0.05, 0) is 31.5 Å². The molecule has 0 aliphatic heterocycles. The van der Waals surface area contributed by atoms with E-state index in [2.05, 4.69) is 20.4 Å². The van der Waals surface area contributed by atoms with Crippen molar-refractivity contribution in [2.45, 2.75) is 31.3 Å². The summed E-state index contributed by atoms with van der Waals surface area (Å²) in [6.07, 6.45) is 1.47. The molecule has 0 saturated carbocycles. The van der Waals surface area contributed by atoms with Gasteiger partial charge in [0, 0.05) is 31.3 Å². The number of hydrogen-bond acceptors (Lipinski definition) is 6. The van der Waals surface area contributed by atoms with Crippen LogP contribution in [0.1, 0.15) is 19.4 Å². The van der Waals surface area contributed by atoms with Gasteiger partial charge in [-0.2, -0.15) is 18.9 Å². The van der Waals surface area contributed by atoms with Crippen LogP contribution in [0.15, 0.2) is 71.9 Å². The average Bonchev–Trinajstić information content (AvgIpc) is 3.26. The van der Waals surface area contributed by atoms with E-state index in [1.807, 2.05) is 62.4 Å². The molecule has 0 aliphatic rings. The molecule has 0 fully saturated rings. The largest absolute Gasteiger partial charge is 0.366 e. The molecule has 0 atom stereocenters. The Hall–Kier alpha value is -3.30. The standard InChI is InChI=1S/C22H24N6O2S/c1-16(2)27(3)31(29,30)19-11-9-17(10-12-19)14-23-21-13-20(18-7-5-4-6-8-18)26-22-24-15-25-28(21)22/h4-13,15-16,23H,14H2,1-3H3. The van der Waals surface area contributed by atoms with Gasteiger partial charge < -0.3 is 5.32 Å². The third-order valence-electron chi connectivity index (χ3n) is 5.12. The first-order valence-electron chi connectivity index (χ1n) is 9.93. The summed E-state index contributed by atoms with van der Waals surface area (Å²) in [7, 11) is -1.91. The molecule has 2 heterocycles. The van der Waals surface area contributed by atoms with E-state index >= 15 is 0 Å². The third kappa shape index (κ3) is 4.28. The predicted molar refractivity (Wildman–Crippen MR) is 120 cm³/mol. The zero-order chi connectivity index (χ0) is 22.0. The number of fused-ring (bicyclic) bond motifs is 1. The van der Waals surface area contributed by atoms with Gasteiger partial charge in [0.15, 0.2) is 0 Å². The molecule has 8 nitrogen and oxygen atoms in total. The molecule has 2 aromatic heterocycles. The van der Waals surface area contributed by atoms with Crippen LogP contribution in [0.5, 0.6) is 0 Å². The summed E-state index contributed by atoms with van der Waals surface area (Å²) in [6.45, 7) is 4.19. The minimum atomic E-state index is -3.50. The fraction of sp³-hybridized carbons (Fsp3) is 0.227. The van der Waals surface area contributed by atoms with Gasteiger partial charge in [0.25, 0.3) is 5.78 Å². The molecule has 0 radical (unpaired) electrons. The molecule has 2 aromatic carbocycles. The fourth-order valence-electron chi connectivity index (χ4n) is 3.11. The van der Waals surface area contributed by atoms with Gasteiger partial charge in [-0.1, -0.05) is 42.5 Å². The molecular weight excluding hydrogens is 412 g/mol. The Balaban J connectivity index is 1.56. The molecule has 0 spiro atoms. The maximum atomic E-state index is 12.6. The van der Waals surface area contributed by atoms with Crippen molar-refractivity contribution in [1.82, 2.24) is 23.9 Å². The van der Waals surface area contributed by atoms with Gasteiger partial charge in [0.2, 0.25) is 10.0 Å². The number of benzene rings is 2. The second-order valence-corrected chi connectivity index (χ2v) is 9.47. The molecule has 0 saturated heterocycles. The van der Waals surface area contributed by atoms with Crippen molar-refractivity contribution in [2.24, 2.45) is 0 Å². The first-order valence-corrected chi connectivity index (χ1v) is 11.4. The summed E-state index contributed by atoms with van der Waals surface area (Å²) in [4.78, 5) is 9.07. The number of hydrogen-bond donors (Lipinski definition) is 1. The van der Waals surface area contributed by atoms with Crippen LogP contribution in [-0.2, 0) is 16.6 Å². The van der Waals surface area contributed by atoms with E-state index in [-0.39, 0.29) is 10.9 Å². The van der Waals surface area contributed by atoms with Crippen LogP contribution >= 0.6 is 0 Å². The van der Waals surface area contributed by atoms with Crippen molar-refractivity contribution in [2.75, 3.05) is 12.4 Å². The molecule has 31 heavy (non-hydrogen) atoms. The lowest BCUT2D eigenvalue weighted by Gasteiger charge is -2.21. The lowest BCUT2D eigenvalue weighted by molar-refractivity contribution is 0.410. The third-order valence-corrected chi connectivity index (χ3v) is 7.17. The Morgan fingerprint density at radius 1 is 1.06 bits per heavy atom. The van der Waals surface area contributed by atoms with Gasteiger partial charge in [-0.25, -0.2) is 13.4 Å². The average molecular weight is 437 g/mol. The van der Waals surface area contributed by atoms with Crippen LogP contribution in [0.3, 0.4) is 0 Å². The van der Waals surface area contributed by atoms with Crippen molar-refractivity contribution in [3.63, 3.8) is 0 Å². The molecule has 0 amide bonds. The fourth-order valence-corrected chi connectivity index (χ4v) is 4.48. The van der Waals surface area contributed by atoms with E-state index in [1.165, 1.54) is 10.6 Å². The molecule has 9 heteroatoms. The van der Waals surface area contributed by atoms with Crippen molar-refractivity contribution >= 4 is 21.6 Å². The molecule has 0 aliphatic carbocycles. The monoisotopic (exact) mass is 436 g/mol. The minimum absolute atomic E-state index is 0.109. The zero-order valence-electron chi connectivity index (χ0n) is 17.6. The zero-order valence-corrected chi connectivity index (χ0v) is 18.4. The van der Waals surface area contributed by atoms with Crippen molar-refractivity contribution in [1.29, 1.82) is 0 Å². The van der Waals surface area contributed by atoms with Crippen molar-refractivity contribution in [3.05, 3.63) is 72.6 Å². The van der Waals surface area contributed by atoms with Crippen LogP contribution in [0, 0.1) is 0 Å². The van der Waals surface area contributed by atoms with Gasteiger partial charge >= 0.3 is 0 Å². The lowest BCUT2D eigenvalue weighted by atomic mass is 10.1. The summed E-state index contributed by atoms with van der Waals surface area (Å²) in [5.41, 5.74) is 2.72. The first-order chi connectivity index (χ1) is 14.9. The van der Waals surface area contributed by atoms with E-state index < -0.39 is 10.0 Å². The maximum Gasteiger partial charge on any atom is 0.254 e. The Morgan fingerprint density at radius 2 is 1.77 bits per heavy atom. The Morgan fingerprint density at radius 3 is 2.45 bits per heavy atom. The molecule has 1 N–H and O–H groups in total. The lowest BCUT2D eigenvalue weighted by Crippen LogP contribution is -2.33.